The van der Waals surface area contributed by atoms with Crippen molar-refractivity contribution in [3.05, 3.63) is 12.7 Å². The van der Waals surface area contributed by atoms with Gasteiger partial charge >= 0.3 is 0 Å². The lowest BCUT2D eigenvalue weighted by atomic mass is 10.0. The number of hydrogen-bond acceptors (Lipinski definition) is 3. The van der Waals surface area contributed by atoms with Gasteiger partial charge in [-0.3, -0.25) is 4.18 Å². The molecule has 1 atom stereocenters. The van der Waals surface area contributed by atoms with Gasteiger partial charge in [-0.15, -0.1) is 6.58 Å². The third-order valence-corrected chi connectivity index (χ3v) is 2.82. The molecule has 0 aliphatic heterocycles. The Morgan fingerprint density at radius 2 is 2.23 bits per heavy atom. The SMILES string of the molecule is C=CC[C@@H](COS(C)(=O)=O)C1CC1. The number of allylic oxidation sites excluding steroid dienone is 1. The Morgan fingerprint density at radius 3 is 2.62 bits per heavy atom. The highest BCUT2D eigenvalue weighted by atomic mass is 32.2. The zero-order chi connectivity index (χ0) is 9.90. The topological polar surface area (TPSA) is 43.4 Å². The Labute approximate surface area is 79.9 Å². The smallest absolute Gasteiger partial charge is 0.264 e. The summed E-state index contributed by atoms with van der Waals surface area (Å²) in [5.74, 6) is 0.993. The standard InChI is InChI=1S/C9H16O3S/c1-3-4-9(8-5-6-8)7-12-13(2,10)11/h3,8-9H,1,4-7H2,2H3/t9-/m0/s1. The van der Waals surface area contributed by atoms with Crippen molar-refractivity contribution >= 4 is 10.1 Å². The van der Waals surface area contributed by atoms with Crippen molar-refractivity contribution in [3.63, 3.8) is 0 Å². The van der Waals surface area contributed by atoms with E-state index in [1.54, 1.807) is 0 Å². The first-order valence-electron chi connectivity index (χ1n) is 4.48. The maximum atomic E-state index is 10.7. The summed E-state index contributed by atoms with van der Waals surface area (Å²) >= 11 is 0. The summed E-state index contributed by atoms with van der Waals surface area (Å²) in [5, 5.41) is 0. The highest BCUT2D eigenvalue weighted by Gasteiger charge is 2.30. The molecule has 1 fully saturated rings. The molecule has 1 rings (SSSR count). The Morgan fingerprint density at radius 1 is 1.62 bits per heavy atom. The van der Waals surface area contributed by atoms with Crippen LogP contribution < -0.4 is 0 Å². The highest BCUT2D eigenvalue weighted by molar-refractivity contribution is 7.85. The van der Waals surface area contributed by atoms with Gasteiger partial charge in [0.15, 0.2) is 0 Å². The van der Waals surface area contributed by atoms with E-state index in [1.165, 1.54) is 12.8 Å². The van der Waals surface area contributed by atoms with Gasteiger partial charge in [0, 0.05) is 0 Å². The second-order valence-corrected chi connectivity index (χ2v) is 5.25. The lowest BCUT2D eigenvalue weighted by molar-refractivity contribution is 0.240. The van der Waals surface area contributed by atoms with Crippen molar-refractivity contribution in [2.24, 2.45) is 11.8 Å². The maximum absolute atomic E-state index is 10.7. The Bertz CT molecular complexity index is 265. The molecule has 0 aromatic carbocycles. The molecule has 0 bridgehead atoms. The number of rotatable bonds is 6. The molecule has 0 radical (unpaired) electrons. The fraction of sp³-hybridized carbons (Fsp3) is 0.778. The highest BCUT2D eigenvalue weighted by Crippen LogP contribution is 2.38. The lowest BCUT2D eigenvalue weighted by Gasteiger charge is -2.12. The summed E-state index contributed by atoms with van der Waals surface area (Å²) in [6.07, 6.45) is 6.16. The second-order valence-electron chi connectivity index (χ2n) is 3.61. The largest absolute Gasteiger partial charge is 0.270 e. The summed E-state index contributed by atoms with van der Waals surface area (Å²) in [4.78, 5) is 0. The molecule has 0 amide bonds. The molecule has 1 aliphatic carbocycles. The van der Waals surface area contributed by atoms with E-state index in [0.29, 0.717) is 18.4 Å². The van der Waals surface area contributed by atoms with Gasteiger partial charge in [0.05, 0.1) is 12.9 Å². The second kappa shape index (κ2) is 4.24. The van der Waals surface area contributed by atoms with E-state index >= 15 is 0 Å². The molecular weight excluding hydrogens is 188 g/mol. The van der Waals surface area contributed by atoms with Crippen LogP contribution >= 0.6 is 0 Å². The minimum Gasteiger partial charge on any atom is -0.270 e. The summed E-state index contributed by atoms with van der Waals surface area (Å²) in [5.41, 5.74) is 0. The van der Waals surface area contributed by atoms with Gasteiger partial charge < -0.3 is 0 Å². The van der Waals surface area contributed by atoms with Crippen LogP contribution in [0.3, 0.4) is 0 Å². The van der Waals surface area contributed by atoms with Crippen LogP contribution in [-0.4, -0.2) is 21.3 Å². The molecule has 76 valence electrons. The van der Waals surface area contributed by atoms with Crippen LogP contribution in [0.1, 0.15) is 19.3 Å². The summed E-state index contributed by atoms with van der Waals surface area (Å²) in [6.45, 7) is 3.97. The maximum Gasteiger partial charge on any atom is 0.264 e. The molecular formula is C9H16O3S. The van der Waals surface area contributed by atoms with E-state index in [1.807, 2.05) is 6.08 Å². The van der Waals surface area contributed by atoms with Crippen LogP contribution in [0.4, 0.5) is 0 Å². The average molecular weight is 204 g/mol. The van der Waals surface area contributed by atoms with E-state index in [0.717, 1.165) is 12.7 Å². The van der Waals surface area contributed by atoms with Crippen molar-refractivity contribution in [1.82, 2.24) is 0 Å². The van der Waals surface area contributed by atoms with E-state index < -0.39 is 10.1 Å². The first kappa shape index (κ1) is 10.7. The fourth-order valence-electron chi connectivity index (χ4n) is 1.39. The summed E-state index contributed by atoms with van der Waals surface area (Å²) in [7, 11) is -3.28. The molecule has 0 unspecified atom stereocenters. The third-order valence-electron chi connectivity index (χ3n) is 2.25. The van der Waals surface area contributed by atoms with Crippen LogP contribution in [0.25, 0.3) is 0 Å². The summed E-state index contributed by atoms with van der Waals surface area (Å²) in [6, 6.07) is 0. The summed E-state index contributed by atoms with van der Waals surface area (Å²) < 4.78 is 26.2. The van der Waals surface area contributed by atoms with E-state index in [-0.39, 0.29) is 0 Å². The van der Waals surface area contributed by atoms with Gasteiger partial charge in [-0.05, 0) is 31.1 Å². The Balaban J connectivity index is 2.34. The van der Waals surface area contributed by atoms with Gasteiger partial charge in [-0.1, -0.05) is 6.08 Å². The molecule has 13 heavy (non-hydrogen) atoms. The van der Waals surface area contributed by atoms with Gasteiger partial charge in [-0.2, -0.15) is 8.42 Å². The average Bonchev–Trinajstić information content (AvgIpc) is 2.78. The molecule has 0 spiro atoms. The zero-order valence-corrected chi connectivity index (χ0v) is 8.72. The van der Waals surface area contributed by atoms with Crippen LogP contribution in [-0.2, 0) is 14.3 Å². The molecule has 1 saturated carbocycles. The molecule has 1 aliphatic rings. The first-order valence-corrected chi connectivity index (χ1v) is 6.30. The lowest BCUT2D eigenvalue weighted by Crippen LogP contribution is -2.14. The van der Waals surface area contributed by atoms with Crippen molar-refractivity contribution in [2.45, 2.75) is 19.3 Å². The van der Waals surface area contributed by atoms with Crippen molar-refractivity contribution < 1.29 is 12.6 Å². The molecule has 0 saturated heterocycles. The minimum absolute atomic E-state index is 0.315. The van der Waals surface area contributed by atoms with Crippen LogP contribution in [0.2, 0.25) is 0 Å². The van der Waals surface area contributed by atoms with Crippen LogP contribution in [0.15, 0.2) is 12.7 Å². The Hall–Kier alpha value is -0.350. The van der Waals surface area contributed by atoms with Gasteiger partial charge in [0.1, 0.15) is 0 Å². The number of hydrogen-bond donors (Lipinski definition) is 0. The fourth-order valence-corrected chi connectivity index (χ4v) is 1.81. The zero-order valence-electron chi connectivity index (χ0n) is 7.90. The van der Waals surface area contributed by atoms with E-state index in [4.69, 9.17) is 4.18 Å². The molecule has 0 aromatic rings. The molecule has 0 aromatic heterocycles. The normalized spacial score (nSPS) is 19.8. The van der Waals surface area contributed by atoms with Crippen LogP contribution in [0, 0.1) is 11.8 Å². The Kier molecular flexibility index (Phi) is 3.50. The molecule has 3 nitrogen and oxygen atoms in total. The minimum atomic E-state index is -3.28. The van der Waals surface area contributed by atoms with Crippen LogP contribution in [0.5, 0.6) is 0 Å². The quantitative estimate of drug-likeness (QED) is 0.487. The molecule has 0 heterocycles. The van der Waals surface area contributed by atoms with Crippen molar-refractivity contribution in [3.8, 4) is 0 Å². The van der Waals surface area contributed by atoms with Gasteiger partial charge in [0.2, 0.25) is 0 Å². The van der Waals surface area contributed by atoms with Gasteiger partial charge in [-0.25, -0.2) is 0 Å². The monoisotopic (exact) mass is 204 g/mol. The van der Waals surface area contributed by atoms with E-state index in [9.17, 15) is 8.42 Å². The predicted molar refractivity (Wildman–Crippen MR) is 51.8 cm³/mol. The molecule has 0 N–H and O–H groups in total. The van der Waals surface area contributed by atoms with E-state index in [2.05, 4.69) is 6.58 Å². The molecule has 4 heteroatoms. The predicted octanol–water partition coefficient (Wildman–Crippen LogP) is 1.56. The third kappa shape index (κ3) is 4.43. The van der Waals surface area contributed by atoms with Crippen molar-refractivity contribution in [1.29, 1.82) is 0 Å². The first-order chi connectivity index (χ1) is 6.03. The van der Waals surface area contributed by atoms with Crippen molar-refractivity contribution in [2.75, 3.05) is 12.9 Å². The van der Waals surface area contributed by atoms with Gasteiger partial charge in [0.25, 0.3) is 10.1 Å².